The van der Waals surface area contributed by atoms with Gasteiger partial charge in [-0.15, -0.1) is 34.2 Å². The average molecular weight is 548 g/mol. The average Bonchev–Trinajstić information content (AvgIpc) is 3.24. The monoisotopic (exact) mass is 547 g/mol. The molecule has 2 saturated heterocycles. The topological polar surface area (TPSA) is 79.6 Å². The molecule has 1 unspecified atom stereocenters. The fourth-order valence-corrected chi connectivity index (χ4v) is 4.26. The molecule has 3 heterocycles. The number of halogens is 1. The molecule has 0 aromatic carbocycles. The normalized spacial score (nSPS) is 20.9. The Hall–Kier alpha value is -0.940. The third-order valence-corrected chi connectivity index (χ3v) is 6.26. The number of likely N-dealkylation sites (tertiary alicyclic amines) is 1. The lowest BCUT2D eigenvalue weighted by Gasteiger charge is -2.40. The molecule has 2 aliphatic heterocycles. The van der Waals surface area contributed by atoms with E-state index in [1.54, 1.807) is 6.33 Å². The fourth-order valence-electron chi connectivity index (χ4n) is 4.26. The molecule has 0 radical (unpaired) electrons. The summed E-state index contributed by atoms with van der Waals surface area (Å²) in [6, 6.07) is 0. The maximum absolute atomic E-state index is 5.89. The summed E-state index contributed by atoms with van der Waals surface area (Å²) in [6.07, 6.45) is 10.5. The van der Waals surface area contributed by atoms with Crippen molar-refractivity contribution in [3.05, 3.63) is 12.2 Å². The van der Waals surface area contributed by atoms with Crippen molar-refractivity contribution in [2.75, 3.05) is 39.3 Å². The van der Waals surface area contributed by atoms with Crippen LogP contribution in [0.15, 0.2) is 11.3 Å². The molecule has 0 bridgehead atoms. The number of aromatic nitrogens is 3. The molecule has 9 heteroatoms. The van der Waals surface area contributed by atoms with Gasteiger partial charge in [0.1, 0.15) is 12.2 Å². The number of aryl methyl sites for hydroxylation is 1. The molecular formula is C22H42IN7O. The summed E-state index contributed by atoms with van der Waals surface area (Å²) in [5, 5.41) is 15.2. The Bertz CT molecular complexity index is 652. The van der Waals surface area contributed by atoms with Gasteiger partial charge in [-0.05, 0) is 59.0 Å². The lowest BCUT2D eigenvalue weighted by Crippen LogP contribution is -2.50. The van der Waals surface area contributed by atoms with Gasteiger partial charge >= 0.3 is 0 Å². The van der Waals surface area contributed by atoms with Crippen molar-refractivity contribution in [2.24, 2.45) is 4.99 Å². The zero-order chi connectivity index (χ0) is 21.2. The largest absolute Gasteiger partial charge is 0.376 e. The molecule has 2 aliphatic rings. The Morgan fingerprint density at radius 3 is 2.71 bits per heavy atom. The molecule has 0 spiro atoms. The summed E-state index contributed by atoms with van der Waals surface area (Å²) < 4.78 is 7.99. The first-order valence-electron chi connectivity index (χ1n) is 11.8. The summed E-state index contributed by atoms with van der Waals surface area (Å²) in [5.41, 5.74) is 0.0695. The molecular weight excluding hydrogens is 505 g/mol. The second-order valence-corrected chi connectivity index (χ2v) is 9.12. The third kappa shape index (κ3) is 8.49. The Kier molecular flexibility index (Phi) is 11.5. The van der Waals surface area contributed by atoms with Crippen LogP contribution in [0.3, 0.4) is 0 Å². The summed E-state index contributed by atoms with van der Waals surface area (Å²) in [5.74, 6) is 1.89. The lowest BCUT2D eigenvalue weighted by atomic mass is 9.99. The minimum absolute atomic E-state index is 0. The first kappa shape index (κ1) is 26.3. The van der Waals surface area contributed by atoms with Crippen LogP contribution in [0.1, 0.15) is 65.1 Å². The second-order valence-electron chi connectivity index (χ2n) is 9.12. The van der Waals surface area contributed by atoms with Gasteiger partial charge in [-0.2, -0.15) is 0 Å². The van der Waals surface area contributed by atoms with Gasteiger partial charge in [0.15, 0.2) is 5.96 Å². The van der Waals surface area contributed by atoms with E-state index in [9.17, 15) is 0 Å². The number of rotatable bonds is 9. The molecule has 2 N–H and O–H groups in total. The van der Waals surface area contributed by atoms with Crippen LogP contribution in [0.4, 0.5) is 0 Å². The number of hydrogen-bond acceptors (Lipinski definition) is 5. The zero-order valence-electron chi connectivity index (χ0n) is 19.6. The van der Waals surface area contributed by atoms with Crippen molar-refractivity contribution >= 4 is 29.9 Å². The number of nitrogens with zero attached hydrogens (tertiary/aromatic N) is 5. The Balaban J connectivity index is 0.00000341. The van der Waals surface area contributed by atoms with Crippen LogP contribution in [0.25, 0.3) is 0 Å². The second kappa shape index (κ2) is 13.6. The first-order chi connectivity index (χ1) is 14.6. The van der Waals surface area contributed by atoms with Gasteiger partial charge < -0.3 is 19.9 Å². The minimum Gasteiger partial charge on any atom is -0.376 e. The molecule has 31 heavy (non-hydrogen) atoms. The molecule has 1 atom stereocenters. The third-order valence-electron chi connectivity index (χ3n) is 6.26. The molecule has 1 aromatic rings. The Labute approximate surface area is 205 Å². The Morgan fingerprint density at radius 1 is 1.19 bits per heavy atom. The highest BCUT2D eigenvalue weighted by molar-refractivity contribution is 14.0. The number of aliphatic imine (C=N–C) groups is 1. The maximum atomic E-state index is 5.89. The molecule has 0 amide bonds. The van der Waals surface area contributed by atoms with Gasteiger partial charge in [0, 0.05) is 38.2 Å². The van der Waals surface area contributed by atoms with Crippen molar-refractivity contribution in [3.63, 3.8) is 0 Å². The van der Waals surface area contributed by atoms with E-state index in [0.717, 1.165) is 57.4 Å². The van der Waals surface area contributed by atoms with E-state index < -0.39 is 0 Å². The van der Waals surface area contributed by atoms with Crippen LogP contribution in [-0.2, 0) is 17.7 Å². The molecule has 0 saturated carbocycles. The van der Waals surface area contributed by atoms with Gasteiger partial charge in [0.2, 0.25) is 0 Å². The predicted molar refractivity (Wildman–Crippen MR) is 136 cm³/mol. The minimum atomic E-state index is 0. The molecule has 3 rings (SSSR count). The van der Waals surface area contributed by atoms with E-state index in [0.29, 0.717) is 0 Å². The lowest BCUT2D eigenvalue weighted by molar-refractivity contribution is 0.0194. The molecule has 178 valence electrons. The number of piperidine rings is 1. The van der Waals surface area contributed by atoms with E-state index in [4.69, 9.17) is 9.73 Å². The highest BCUT2D eigenvalue weighted by atomic mass is 127. The fraction of sp³-hybridized carbons (Fsp3) is 0.864. The van der Waals surface area contributed by atoms with Crippen LogP contribution in [0.2, 0.25) is 0 Å². The number of nitrogens with one attached hydrogen (secondary N) is 2. The van der Waals surface area contributed by atoms with Crippen LogP contribution < -0.4 is 10.6 Å². The quantitative estimate of drug-likeness (QED) is 0.281. The van der Waals surface area contributed by atoms with Gasteiger partial charge in [-0.1, -0.05) is 13.3 Å². The van der Waals surface area contributed by atoms with E-state index in [1.165, 1.54) is 45.2 Å². The molecule has 8 nitrogen and oxygen atoms in total. The van der Waals surface area contributed by atoms with Crippen LogP contribution in [0, 0.1) is 0 Å². The van der Waals surface area contributed by atoms with Crippen molar-refractivity contribution < 1.29 is 4.74 Å². The van der Waals surface area contributed by atoms with E-state index in [2.05, 4.69) is 51.1 Å². The van der Waals surface area contributed by atoms with Gasteiger partial charge in [0.05, 0.1) is 12.6 Å². The highest BCUT2D eigenvalue weighted by Crippen LogP contribution is 2.20. The van der Waals surface area contributed by atoms with E-state index in [1.807, 2.05) is 0 Å². The van der Waals surface area contributed by atoms with Crippen molar-refractivity contribution in [2.45, 2.75) is 83.9 Å². The SMILES string of the molecule is CCc1nncn1CCNC(=NCC(C)(C)N1CCCCC1)NCC1CCCCO1.I. The summed E-state index contributed by atoms with van der Waals surface area (Å²) in [4.78, 5) is 7.56. The van der Waals surface area contributed by atoms with Crippen molar-refractivity contribution in [1.29, 1.82) is 0 Å². The summed E-state index contributed by atoms with van der Waals surface area (Å²) in [6.45, 7) is 13.2. The van der Waals surface area contributed by atoms with Crippen LogP contribution in [-0.4, -0.2) is 76.6 Å². The Morgan fingerprint density at radius 2 is 2.00 bits per heavy atom. The summed E-state index contributed by atoms with van der Waals surface area (Å²) in [7, 11) is 0. The summed E-state index contributed by atoms with van der Waals surface area (Å²) >= 11 is 0. The van der Waals surface area contributed by atoms with Gasteiger partial charge in [-0.25, -0.2) is 0 Å². The van der Waals surface area contributed by atoms with Crippen molar-refractivity contribution in [1.82, 2.24) is 30.3 Å². The van der Waals surface area contributed by atoms with Crippen LogP contribution >= 0.6 is 24.0 Å². The zero-order valence-corrected chi connectivity index (χ0v) is 21.9. The maximum Gasteiger partial charge on any atom is 0.191 e. The molecule has 2 fully saturated rings. The van der Waals surface area contributed by atoms with Crippen molar-refractivity contribution in [3.8, 4) is 0 Å². The van der Waals surface area contributed by atoms with E-state index >= 15 is 0 Å². The van der Waals surface area contributed by atoms with Gasteiger partial charge in [0.25, 0.3) is 0 Å². The number of guanidine groups is 1. The van der Waals surface area contributed by atoms with Gasteiger partial charge in [-0.3, -0.25) is 9.89 Å². The highest BCUT2D eigenvalue weighted by Gasteiger charge is 2.27. The standard InChI is InChI=1S/C22H41N7O.HI/c1-4-20-27-26-18-28(20)14-11-23-21(24-16-19-10-6-9-15-30-19)25-17-22(2,3)29-12-7-5-8-13-29;/h18-19H,4-17H2,1-3H3,(H2,23,24,25);1H. The number of ether oxygens (including phenoxy) is 1. The van der Waals surface area contributed by atoms with Crippen LogP contribution in [0.5, 0.6) is 0 Å². The molecule has 1 aromatic heterocycles. The smallest absolute Gasteiger partial charge is 0.191 e. The molecule has 0 aliphatic carbocycles. The predicted octanol–water partition coefficient (Wildman–Crippen LogP) is 2.83. The van der Waals surface area contributed by atoms with E-state index in [-0.39, 0.29) is 35.6 Å². The number of hydrogen-bond donors (Lipinski definition) is 2. The first-order valence-corrected chi connectivity index (χ1v) is 11.8.